The first-order valence-electron chi connectivity index (χ1n) is 6.03. The predicted octanol–water partition coefficient (Wildman–Crippen LogP) is 1.70. The molecule has 0 unspecified atom stereocenters. The van der Waals surface area contributed by atoms with E-state index in [2.05, 4.69) is 35.3 Å². The first kappa shape index (κ1) is 11.3. The standard InChI is InChI=1S/C12H20N4/c1-10(2)8-16-12(14-9-15-16)6-11-4-3-5-13-7-11/h6,9-10,13H,3-5,7-8H2,1-2H3. The molecule has 0 atom stereocenters. The van der Waals surface area contributed by atoms with Crippen LogP contribution in [0.15, 0.2) is 11.9 Å². The van der Waals surface area contributed by atoms with Crippen LogP contribution in [0.5, 0.6) is 0 Å². The van der Waals surface area contributed by atoms with Gasteiger partial charge in [-0.25, -0.2) is 9.67 Å². The van der Waals surface area contributed by atoms with Gasteiger partial charge in [0.25, 0.3) is 0 Å². The van der Waals surface area contributed by atoms with Crippen LogP contribution >= 0.6 is 0 Å². The van der Waals surface area contributed by atoms with Crippen molar-refractivity contribution in [2.45, 2.75) is 33.2 Å². The number of hydrogen-bond acceptors (Lipinski definition) is 3. The summed E-state index contributed by atoms with van der Waals surface area (Å²) in [7, 11) is 0. The average Bonchev–Trinajstić information content (AvgIpc) is 2.66. The fraction of sp³-hybridized carbons (Fsp3) is 0.667. The third-order valence-corrected chi connectivity index (χ3v) is 2.72. The lowest BCUT2D eigenvalue weighted by atomic mass is 10.1. The molecule has 0 bridgehead atoms. The largest absolute Gasteiger partial charge is 0.313 e. The molecule has 2 rings (SSSR count). The van der Waals surface area contributed by atoms with E-state index >= 15 is 0 Å². The van der Waals surface area contributed by atoms with Crippen LogP contribution in [0.3, 0.4) is 0 Å². The van der Waals surface area contributed by atoms with Crippen molar-refractivity contribution in [3.05, 3.63) is 17.7 Å². The zero-order valence-corrected chi connectivity index (χ0v) is 10.1. The van der Waals surface area contributed by atoms with Crippen molar-refractivity contribution >= 4 is 6.08 Å². The SMILES string of the molecule is CC(C)Cn1ncnc1C=C1CCCNC1. The highest BCUT2D eigenvalue weighted by atomic mass is 15.3. The van der Waals surface area contributed by atoms with Gasteiger partial charge in [-0.3, -0.25) is 0 Å². The van der Waals surface area contributed by atoms with E-state index in [9.17, 15) is 0 Å². The van der Waals surface area contributed by atoms with E-state index in [1.165, 1.54) is 18.4 Å². The number of piperidine rings is 1. The van der Waals surface area contributed by atoms with Crippen LogP contribution in [0, 0.1) is 5.92 Å². The second kappa shape index (κ2) is 5.25. The summed E-state index contributed by atoms with van der Waals surface area (Å²) in [4.78, 5) is 4.31. The highest BCUT2D eigenvalue weighted by Gasteiger charge is 2.08. The van der Waals surface area contributed by atoms with E-state index in [0.717, 1.165) is 25.5 Å². The van der Waals surface area contributed by atoms with Crippen LogP contribution in [-0.4, -0.2) is 27.9 Å². The molecule has 0 spiro atoms. The summed E-state index contributed by atoms with van der Waals surface area (Å²) in [6.45, 7) is 7.46. The summed E-state index contributed by atoms with van der Waals surface area (Å²) in [6, 6.07) is 0. The summed E-state index contributed by atoms with van der Waals surface area (Å²) < 4.78 is 1.99. The molecule has 2 heterocycles. The van der Waals surface area contributed by atoms with Crippen molar-refractivity contribution in [1.29, 1.82) is 0 Å². The molecule has 4 heteroatoms. The fourth-order valence-electron chi connectivity index (χ4n) is 1.95. The first-order valence-corrected chi connectivity index (χ1v) is 6.03. The molecular weight excluding hydrogens is 200 g/mol. The number of rotatable bonds is 3. The van der Waals surface area contributed by atoms with Crippen molar-refractivity contribution in [1.82, 2.24) is 20.1 Å². The van der Waals surface area contributed by atoms with Crippen molar-refractivity contribution in [3.63, 3.8) is 0 Å². The van der Waals surface area contributed by atoms with E-state index < -0.39 is 0 Å². The normalized spacial score (nSPS) is 19.6. The van der Waals surface area contributed by atoms with Crippen molar-refractivity contribution in [3.8, 4) is 0 Å². The lowest BCUT2D eigenvalue weighted by Gasteiger charge is -2.15. The van der Waals surface area contributed by atoms with Crippen LogP contribution in [0.1, 0.15) is 32.5 Å². The molecule has 1 N–H and O–H groups in total. The molecule has 1 fully saturated rings. The molecule has 0 aromatic carbocycles. The number of hydrogen-bond donors (Lipinski definition) is 1. The summed E-state index contributed by atoms with van der Waals surface area (Å²) in [6.07, 6.45) is 6.23. The van der Waals surface area contributed by atoms with Gasteiger partial charge in [-0.05, 0) is 31.4 Å². The van der Waals surface area contributed by atoms with E-state index in [1.807, 2.05) is 4.68 Å². The molecule has 1 aromatic rings. The van der Waals surface area contributed by atoms with Crippen LogP contribution in [-0.2, 0) is 6.54 Å². The zero-order valence-electron chi connectivity index (χ0n) is 10.1. The lowest BCUT2D eigenvalue weighted by molar-refractivity contribution is 0.479. The zero-order chi connectivity index (χ0) is 11.4. The second-order valence-corrected chi connectivity index (χ2v) is 4.78. The maximum atomic E-state index is 4.31. The molecular formula is C12H20N4. The Hall–Kier alpha value is -1.16. The fourth-order valence-corrected chi connectivity index (χ4v) is 1.95. The number of nitrogens with one attached hydrogen (secondary N) is 1. The quantitative estimate of drug-likeness (QED) is 0.843. The van der Waals surface area contributed by atoms with Crippen molar-refractivity contribution in [2.24, 2.45) is 5.92 Å². The molecule has 0 radical (unpaired) electrons. The van der Waals surface area contributed by atoms with E-state index in [1.54, 1.807) is 6.33 Å². The Morgan fingerprint density at radius 1 is 1.56 bits per heavy atom. The Morgan fingerprint density at radius 3 is 3.12 bits per heavy atom. The van der Waals surface area contributed by atoms with Gasteiger partial charge >= 0.3 is 0 Å². The third kappa shape index (κ3) is 2.92. The highest BCUT2D eigenvalue weighted by molar-refractivity contribution is 5.46. The monoisotopic (exact) mass is 220 g/mol. The molecule has 1 saturated heterocycles. The minimum Gasteiger partial charge on any atom is -0.313 e. The first-order chi connectivity index (χ1) is 7.75. The van der Waals surface area contributed by atoms with Gasteiger partial charge in [0.15, 0.2) is 5.82 Å². The lowest BCUT2D eigenvalue weighted by Crippen LogP contribution is -2.23. The van der Waals surface area contributed by atoms with Gasteiger partial charge in [-0.1, -0.05) is 19.4 Å². The summed E-state index contributed by atoms with van der Waals surface area (Å²) >= 11 is 0. The minimum atomic E-state index is 0.600. The van der Waals surface area contributed by atoms with Crippen molar-refractivity contribution in [2.75, 3.05) is 13.1 Å². The Morgan fingerprint density at radius 2 is 2.44 bits per heavy atom. The van der Waals surface area contributed by atoms with Gasteiger partial charge in [0, 0.05) is 13.1 Å². The maximum Gasteiger partial charge on any atom is 0.150 e. The number of nitrogens with zero attached hydrogens (tertiary/aromatic N) is 3. The smallest absolute Gasteiger partial charge is 0.150 e. The van der Waals surface area contributed by atoms with Crippen LogP contribution < -0.4 is 5.32 Å². The van der Waals surface area contributed by atoms with Gasteiger partial charge in [0.2, 0.25) is 0 Å². The molecule has 1 aromatic heterocycles. The van der Waals surface area contributed by atoms with Gasteiger partial charge in [0.05, 0.1) is 0 Å². The van der Waals surface area contributed by atoms with Gasteiger partial charge in [0.1, 0.15) is 6.33 Å². The number of aromatic nitrogens is 3. The Kier molecular flexibility index (Phi) is 3.72. The predicted molar refractivity (Wildman–Crippen MR) is 64.9 cm³/mol. The molecule has 88 valence electrons. The summed E-state index contributed by atoms with van der Waals surface area (Å²) in [5.41, 5.74) is 1.43. The van der Waals surface area contributed by atoms with E-state index in [4.69, 9.17) is 0 Å². The van der Waals surface area contributed by atoms with Gasteiger partial charge < -0.3 is 5.32 Å². The van der Waals surface area contributed by atoms with E-state index in [0.29, 0.717) is 5.92 Å². The van der Waals surface area contributed by atoms with Crippen LogP contribution in [0.2, 0.25) is 0 Å². The van der Waals surface area contributed by atoms with Gasteiger partial charge in [-0.2, -0.15) is 5.10 Å². The molecule has 1 aliphatic heterocycles. The van der Waals surface area contributed by atoms with Crippen LogP contribution in [0.4, 0.5) is 0 Å². The minimum absolute atomic E-state index is 0.600. The topological polar surface area (TPSA) is 42.7 Å². The molecule has 0 saturated carbocycles. The molecule has 16 heavy (non-hydrogen) atoms. The second-order valence-electron chi connectivity index (χ2n) is 4.78. The Labute approximate surface area is 96.8 Å². The summed E-state index contributed by atoms with van der Waals surface area (Å²) in [5.74, 6) is 1.59. The Bertz CT molecular complexity index is 357. The molecule has 1 aliphatic rings. The molecule has 0 amide bonds. The van der Waals surface area contributed by atoms with Crippen LogP contribution in [0.25, 0.3) is 6.08 Å². The van der Waals surface area contributed by atoms with Gasteiger partial charge in [-0.15, -0.1) is 0 Å². The Balaban J connectivity index is 2.10. The van der Waals surface area contributed by atoms with Crippen molar-refractivity contribution < 1.29 is 0 Å². The molecule has 4 nitrogen and oxygen atoms in total. The summed E-state index contributed by atoms with van der Waals surface area (Å²) in [5, 5.41) is 7.64. The third-order valence-electron chi connectivity index (χ3n) is 2.72. The van der Waals surface area contributed by atoms with E-state index in [-0.39, 0.29) is 0 Å². The maximum absolute atomic E-state index is 4.31. The highest BCUT2D eigenvalue weighted by Crippen LogP contribution is 2.12. The molecule has 0 aliphatic carbocycles. The average molecular weight is 220 g/mol.